The van der Waals surface area contributed by atoms with Gasteiger partial charge in [-0.25, -0.2) is 0 Å². The quantitative estimate of drug-likeness (QED) is 0.447. The molecule has 1 aromatic rings. The van der Waals surface area contributed by atoms with Gasteiger partial charge in [-0.3, -0.25) is 4.79 Å². The van der Waals surface area contributed by atoms with E-state index < -0.39 is 0 Å². The highest BCUT2D eigenvalue weighted by Gasteiger charge is 2.09. The van der Waals surface area contributed by atoms with E-state index in [2.05, 4.69) is 15.9 Å². The summed E-state index contributed by atoms with van der Waals surface area (Å²) in [4.78, 5) is 11.9. The Morgan fingerprint density at radius 1 is 1.27 bits per heavy atom. The lowest BCUT2D eigenvalue weighted by atomic mass is 9.98. The molecular formula is C13H17BrO. The van der Waals surface area contributed by atoms with Crippen molar-refractivity contribution in [2.45, 2.75) is 33.1 Å². The molecule has 2 heteroatoms. The zero-order chi connectivity index (χ0) is 11.3. The smallest absolute Gasteiger partial charge is 0.163 e. The highest BCUT2D eigenvalue weighted by molar-refractivity contribution is 9.09. The SMILES string of the molecule is Cc1cccc(C(=O)CCCCBr)c1C. The van der Waals surface area contributed by atoms with Crippen molar-refractivity contribution < 1.29 is 4.79 Å². The van der Waals surface area contributed by atoms with Crippen LogP contribution in [0.5, 0.6) is 0 Å². The van der Waals surface area contributed by atoms with Crippen molar-refractivity contribution in [3.8, 4) is 0 Å². The van der Waals surface area contributed by atoms with Crippen molar-refractivity contribution in [1.29, 1.82) is 0 Å². The number of alkyl halides is 1. The van der Waals surface area contributed by atoms with Gasteiger partial charge >= 0.3 is 0 Å². The third kappa shape index (κ3) is 3.45. The predicted molar refractivity (Wildman–Crippen MR) is 67.9 cm³/mol. The van der Waals surface area contributed by atoms with Gasteiger partial charge in [0.05, 0.1) is 0 Å². The van der Waals surface area contributed by atoms with E-state index in [9.17, 15) is 4.79 Å². The van der Waals surface area contributed by atoms with Crippen LogP contribution in [0.4, 0.5) is 0 Å². The van der Waals surface area contributed by atoms with E-state index in [1.54, 1.807) is 0 Å². The summed E-state index contributed by atoms with van der Waals surface area (Å²) in [6.45, 7) is 4.07. The number of carbonyl (C=O) groups is 1. The van der Waals surface area contributed by atoms with Gasteiger partial charge in [-0.1, -0.05) is 34.1 Å². The highest BCUT2D eigenvalue weighted by atomic mass is 79.9. The number of hydrogen-bond donors (Lipinski definition) is 0. The van der Waals surface area contributed by atoms with Crippen molar-refractivity contribution in [2.24, 2.45) is 0 Å². The largest absolute Gasteiger partial charge is 0.294 e. The molecular weight excluding hydrogens is 252 g/mol. The molecule has 0 saturated heterocycles. The summed E-state index contributed by atoms with van der Waals surface area (Å²) < 4.78 is 0. The molecule has 0 spiro atoms. The molecule has 0 aliphatic carbocycles. The first-order valence-corrected chi connectivity index (χ1v) is 6.44. The maximum absolute atomic E-state index is 11.9. The van der Waals surface area contributed by atoms with Gasteiger partial charge in [-0.2, -0.15) is 0 Å². The molecule has 0 aromatic heterocycles. The molecule has 0 atom stereocenters. The fourth-order valence-corrected chi connectivity index (χ4v) is 1.96. The van der Waals surface area contributed by atoms with Crippen LogP contribution >= 0.6 is 15.9 Å². The monoisotopic (exact) mass is 268 g/mol. The van der Waals surface area contributed by atoms with E-state index in [1.165, 1.54) is 5.56 Å². The van der Waals surface area contributed by atoms with Crippen LogP contribution < -0.4 is 0 Å². The van der Waals surface area contributed by atoms with Crippen LogP contribution in [0.25, 0.3) is 0 Å². The topological polar surface area (TPSA) is 17.1 Å². The molecule has 0 fully saturated rings. The summed E-state index contributed by atoms with van der Waals surface area (Å²) in [5, 5.41) is 0.979. The van der Waals surface area contributed by atoms with E-state index in [0.717, 1.165) is 29.3 Å². The van der Waals surface area contributed by atoms with Crippen molar-refractivity contribution >= 4 is 21.7 Å². The van der Waals surface area contributed by atoms with E-state index in [1.807, 2.05) is 32.0 Å². The van der Waals surface area contributed by atoms with Crippen molar-refractivity contribution in [1.82, 2.24) is 0 Å². The van der Waals surface area contributed by atoms with Gasteiger partial charge in [0.2, 0.25) is 0 Å². The Morgan fingerprint density at radius 3 is 2.67 bits per heavy atom. The molecule has 0 aliphatic heterocycles. The van der Waals surface area contributed by atoms with Gasteiger partial charge < -0.3 is 0 Å². The van der Waals surface area contributed by atoms with Crippen molar-refractivity contribution in [3.05, 3.63) is 34.9 Å². The third-order valence-corrected chi connectivity index (χ3v) is 3.25. The van der Waals surface area contributed by atoms with Crippen LogP contribution in [0.3, 0.4) is 0 Å². The number of unbranched alkanes of at least 4 members (excludes halogenated alkanes) is 1. The first-order chi connectivity index (χ1) is 7.16. The third-order valence-electron chi connectivity index (χ3n) is 2.69. The maximum Gasteiger partial charge on any atom is 0.163 e. The van der Waals surface area contributed by atoms with Crippen LogP contribution in [0, 0.1) is 13.8 Å². The molecule has 0 heterocycles. The van der Waals surface area contributed by atoms with Crippen LogP contribution in [-0.2, 0) is 0 Å². The van der Waals surface area contributed by atoms with Crippen molar-refractivity contribution in [2.75, 3.05) is 5.33 Å². The minimum absolute atomic E-state index is 0.275. The molecule has 15 heavy (non-hydrogen) atoms. The molecule has 1 aromatic carbocycles. The first kappa shape index (κ1) is 12.4. The molecule has 0 unspecified atom stereocenters. The maximum atomic E-state index is 11.9. The first-order valence-electron chi connectivity index (χ1n) is 5.32. The van der Waals surface area contributed by atoms with Gasteiger partial charge in [-0.05, 0) is 37.8 Å². The number of hydrogen-bond acceptors (Lipinski definition) is 1. The number of aryl methyl sites for hydroxylation is 1. The van der Waals surface area contributed by atoms with Gasteiger partial charge in [0.15, 0.2) is 5.78 Å². The number of ketones is 1. The summed E-state index contributed by atoms with van der Waals surface area (Å²) in [6.07, 6.45) is 2.70. The van der Waals surface area contributed by atoms with E-state index >= 15 is 0 Å². The van der Waals surface area contributed by atoms with Crippen LogP contribution in [0.1, 0.15) is 40.7 Å². The van der Waals surface area contributed by atoms with Crippen LogP contribution in [-0.4, -0.2) is 11.1 Å². The van der Waals surface area contributed by atoms with Gasteiger partial charge in [0, 0.05) is 17.3 Å². The second-order valence-corrected chi connectivity index (χ2v) is 4.61. The minimum Gasteiger partial charge on any atom is -0.294 e. The Kier molecular flexibility index (Phi) is 5.03. The standard InChI is InChI=1S/C13H17BrO/c1-10-6-5-7-12(11(10)2)13(15)8-3-4-9-14/h5-7H,3-4,8-9H2,1-2H3. The summed E-state index contributed by atoms with van der Waals surface area (Å²) in [5.41, 5.74) is 3.22. The lowest BCUT2D eigenvalue weighted by Crippen LogP contribution is -2.02. The molecule has 1 nitrogen and oxygen atoms in total. The highest BCUT2D eigenvalue weighted by Crippen LogP contribution is 2.15. The van der Waals surface area contributed by atoms with Crippen LogP contribution in [0.15, 0.2) is 18.2 Å². The predicted octanol–water partition coefficient (Wildman–Crippen LogP) is 4.05. The number of rotatable bonds is 5. The normalized spacial score (nSPS) is 10.3. The van der Waals surface area contributed by atoms with Gasteiger partial charge in [0.25, 0.3) is 0 Å². The lowest BCUT2D eigenvalue weighted by Gasteiger charge is -2.06. The average molecular weight is 269 g/mol. The molecule has 0 aliphatic rings. The molecule has 82 valence electrons. The van der Waals surface area contributed by atoms with E-state index in [4.69, 9.17) is 0 Å². The molecule has 0 bridgehead atoms. The Bertz CT molecular complexity index is 344. The van der Waals surface area contributed by atoms with Crippen molar-refractivity contribution in [3.63, 3.8) is 0 Å². The fourth-order valence-electron chi connectivity index (χ4n) is 1.57. The molecule has 0 amide bonds. The summed E-state index contributed by atoms with van der Waals surface area (Å²) >= 11 is 3.37. The minimum atomic E-state index is 0.275. The summed E-state index contributed by atoms with van der Waals surface area (Å²) in [6, 6.07) is 5.93. The number of Topliss-reactive ketones (excluding diaryl/α,β-unsaturated/α-hetero) is 1. The lowest BCUT2D eigenvalue weighted by molar-refractivity contribution is 0.0979. The summed E-state index contributed by atoms with van der Waals surface area (Å²) in [7, 11) is 0. The zero-order valence-electron chi connectivity index (χ0n) is 9.35. The zero-order valence-corrected chi connectivity index (χ0v) is 10.9. The number of carbonyl (C=O) groups excluding carboxylic acids is 1. The van der Waals surface area contributed by atoms with Gasteiger partial charge in [0.1, 0.15) is 0 Å². The van der Waals surface area contributed by atoms with Gasteiger partial charge in [-0.15, -0.1) is 0 Å². The molecule has 0 radical (unpaired) electrons. The Labute approximate surface area is 100 Å². The fraction of sp³-hybridized carbons (Fsp3) is 0.462. The Morgan fingerprint density at radius 2 is 2.00 bits per heavy atom. The second-order valence-electron chi connectivity index (χ2n) is 3.82. The number of benzene rings is 1. The average Bonchev–Trinajstić information content (AvgIpc) is 2.22. The second kappa shape index (κ2) is 6.06. The van der Waals surface area contributed by atoms with Crippen LogP contribution in [0.2, 0.25) is 0 Å². The molecule has 0 N–H and O–H groups in total. The van der Waals surface area contributed by atoms with E-state index in [-0.39, 0.29) is 5.78 Å². The number of halogens is 1. The molecule has 1 rings (SSSR count). The Balaban J connectivity index is 2.69. The Hall–Kier alpha value is -0.630. The van der Waals surface area contributed by atoms with E-state index in [0.29, 0.717) is 6.42 Å². The molecule has 0 saturated carbocycles. The summed E-state index contributed by atoms with van der Waals surface area (Å²) in [5.74, 6) is 0.275.